The van der Waals surface area contributed by atoms with E-state index in [0.717, 1.165) is 32.1 Å². The Morgan fingerprint density at radius 3 is 2.11 bits per heavy atom. The highest BCUT2D eigenvalue weighted by Gasteiger charge is 2.48. The number of hydrogen-bond donors (Lipinski definition) is 2. The smallest absolute Gasteiger partial charge is 0.251 e. The fraction of sp³-hybridized carbons (Fsp3) is 0.500. The summed E-state index contributed by atoms with van der Waals surface area (Å²) in [5.41, 5.74) is 0.321. The lowest BCUT2D eigenvalue weighted by Gasteiger charge is -2.54. The predicted molar refractivity (Wildman–Crippen MR) is 144 cm³/mol. The Balaban J connectivity index is 1.48. The molecule has 2 unspecified atom stereocenters. The highest BCUT2D eigenvalue weighted by molar-refractivity contribution is 6.33. The Morgan fingerprint density at radius 2 is 1.57 bits per heavy atom. The number of carbonyl (C=O) groups is 2. The summed E-state index contributed by atoms with van der Waals surface area (Å²) in [7, 11) is 4.59. The van der Waals surface area contributed by atoms with Crippen molar-refractivity contribution >= 4 is 29.1 Å². The zero-order chi connectivity index (χ0) is 26.7. The second kappa shape index (κ2) is 11.2. The van der Waals surface area contributed by atoms with Crippen LogP contribution in [0.5, 0.6) is 17.2 Å². The number of para-hydroxylation sites is 1. The van der Waals surface area contributed by atoms with E-state index in [1.807, 2.05) is 32.0 Å². The first-order valence-electron chi connectivity index (χ1n) is 12.6. The van der Waals surface area contributed by atoms with Crippen LogP contribution in [0, 0.1) is 0 Å². The number of fused-ring (bicyclic) bond motifs is 2. The molecule has 0 radical (unpaired) electrons. The average molecular weight is 530 g/mol. The number of hydrogen-bond acceptors (Lipinski definition) is 6. The summed E-state index contributed by atoms with van der Waals surface area (Å²) in [6, 6.07) is 11.0. The van der Waals surface area contributed by atoms with Gasteiger partial charge in [0.25, 0.3) is 5.91 Å². The maximum atomic E-state index is 13.4. The van der Waals surface area contributed by atoms with Gasteiger partial charge in [-0.05, 0) is 63.8 Å². The van der Waals surface area contributed by atoms with E-state index >= 15 is 0 Å². The molecule has 9 heteroatoms. The van der Waals surface area contributed by atoms with Gasteiger partial charge in [0.2, 0.25) is 11.7 Å². The fourth-order valence-electron chi connectivity index (χ4n) is 5.85. The summed E-state index contributed by atoms with van der Waals surface area (Å²) in [5.74, 6) is 1.04. The van der Waals surface area contributed by atoms with E-state index in [4.69, 9.17) is 25.8 Å². The second-order valence-electron chi connectivity index (χ2n) is 10.2. The third kappa shape index (κ3) is 5.50. The van der Waals surface area contributed by atoms with Gasteiger partial charge in [-0.3, -0.25) is 14.5 Å². The van der Waals surface area contributed by atoms with Crippen LogP contribution in [-0.4, -0.2) is 61.7 Å². The van der Waals surface area contributed by atoms with Crippen molar-refractivity contribution in [2.75, 3.05) is 26.6 Å². The molecule has 0 saturated carbocycles. The predicted octanol–water partition coefficient (Wildman–Crippen LogP) is 4.90. The molecule has 2 fully saturated rings. The van der Waals surface area contributed by atoms with Gasteiger partial charge < -0.3 is 24.8 Å². The van der Waals surface area contributed by atoms with Gasteiger partial charge in [0.05, 0.1) is 37.6 Å². The maximum absolute atomic E-state index is 13.4. The van der Waals surface area contributed by atoms with Crippen LogP contribution < -0.4 is 24.8 Å². The van der Waals surface area contributed by atoms with E-state index < -0.39 is 5.54 Å². The van der Waals surface area contributed by atoms with Gasteiger partial charge in [0, 0.05) is 23.7 Å². The Kier molecular flexibility index (Phi) is 8.19. The van der Waals surface area contributed by atoms with Crippen LogP contribution in [0.4, 0.5) is 5.69 Å². The molecule has 2 bridgehead atoms. The van der Waals surface area contributed by atoms with E-state index in [2.05, 4.69) is 15.5 Å². The van der Waals surface area contributed by atoms with Crippen LogP contribution in [0.1, 0.15) is 56.3 Å². The quantitative estimate of drug-likeness (QED) is 0.505. The minimum Gasteiger partial charge on any atom is -0.493 e. The molecule has 200 valence electrons. The van der Waals surface area contributed by atoms with E-state index in [9.17, 15) is 9.59 Å². The van der Waals surface area contributed by atoms with Gasteiger partial charge in [-0.25, -0.2) is 0 Å². The second-order valence-corrected chi connectivity index (χ2v) is 10.6. The topological polar surface area (TPSA) is 89.1 Å². The minimum atomic E-state index is -0.735. The first-order valence-corrected chi connectivity index (χ1v) is 13.0. The zero-order valence-electron chi connectivity index (χ0n) is 22.1. The van der Waals surface area contributed by atoms with Crippen LogP contribution in [-0.2, 0) is 4.79 Å². The van der Waals surface area contributed by atoms with Crippen molar-refractivity contribution in [1.29, 1.82) is 0 Å². The van der Waals surface area contributed by atoms with Crippen LogP contribution in [0.3, 0.4) is 0 Å². The number of piperidine rings is 2. The summed E-state index contributed by atoms with van der Waals surface area (Å²) < 4.78 is 16.2. The molecule has 2 aromatic rings. The number of amides is 2. The zero-order valence-corrected chi connectivity index (χ0v) is 22.9. The molecule has 2 saturated heterocycles. The Hall–Kier alpha value is -2.97. The van der Waals surface area contributed by atoms with Crippen LogP contribution in [0.25, 0.3) is 0 Å². The molecule has 2 aliphatic rings. The van der Waals surface area contributed by atoms with Gasteiger partial charge in [0.1, 0.15) is 0 Å². The van der Waals surface area contributed by atoms with Crippen LogP contribution in [0.15, 0.2) is 36.4 Å². The van der Waals surface area contributed by atoms with Crippen molar-refractivity contribution in [3.8, 4) is 17.2 Å². The lowest BCUT2D eigenvalue weighted by atomic mass is 9.78. The van der Waals surface area contributed by atoms with Crippen molar-refractivity contribution in [3.63, 3.8) is 0 Å². The van der Waals surface area contributed by atoms with Gasteiger partial charge in [-0.15, -0.1) is 0 Å². The largest absolute Gasteiger partial charge is 0.493 e. The van der Waals surface area contributed by atoms with Crippen molar-refractivity contribution in [2.24, 2.45) is 0 Å². The van der Waals surface area contributed by atoms with Crippen LogP contribution in [0.2, 0.25) is 5.02 Å². The molecular formula is C28H36ClN3O5. The lowest BCUT2D eigenvalue weighted by Crippen LogP contribution is -2.66. The number of nitrogens with zero attached hydrogens (tertiary/aromatic N) is 1. The molecule has 8 nitrogen and oxygen atoms in total. The Morgan fingerprint density at radius 1 is 0.973 bits per heavy atom. The van der Waals surface area contributed by atoms with E-state index in [1.165, 1.54) is 21.3 Å². The van der Waals surface area contributed by atoms with E-state index in [1.54, 1.807) is 18.2 Å². The Bertz CT molecular complexity index is 1120. The number of halogens is 1. The standard InChI is InChI=1S/C28H36ClN3O5/c1-28(2,27(34)31-22-12-7-6-11-21(22)29)32-19-9-8-10-20(32)16-18(15-19)30-26(33)17-13-23(35-3)25(37-5)24(14-17)36-4/h6-7,11-14,18-20H,8-10,15-16H2,1-5H3,(H,30,33)(H,31,34). The number of carbonyl (C=O) groups excluding carboxylic acids is 2. The number of nitrogens with one attached hydrogen (secondary N) is 2. The number of ether oxygens (including phenoxy) is 3. The van der Waals surface area contributed by atoms with E-state index in [-0.39, 0.29) is 29.9 Å². The fourth-order valence-corrected chi connectivity index (χ4v) is 6.03. The van der Waals surface area contributed by atoms with Gasteiger partial charge in [0.15, 0.2) is 11.5 Å². The van der Waals surface area contributed by atoms with Crippen molar-refractivity contribution < 1.29 is 23.8 Å². The lowest BCUT2D eigenvalue weighted by molar-refractivity contribution is -0.134. The normalized spacial score (nSPS) is 21.6. The average Bonchev–Trinajstić information content (AvgIpc) is 2.88. The molecule has 4 rings (SSSR count). The third-order valence-electron chi connectivity index (χ3n) is 7.56. The number of anilines is 1. The van der Waals surface area contributed by atoms with Crippen molar-refractivity contribution in [1.82, 2.24) is 10.2 Å². The molecule has 0 spiro atoms. The summed E-state index contributed by atoms with van der Waals surface area (Å²) in [4.78, 5) is 29.0. The number of rotatable bonds is 8. The molecule has 0 aromatic heterocycles. The van der Waals surface area contributed by atoms with Crippen molar-refractivity contribution in [3.05, 3.63) is 47.0 Å². The van der Waals surface area contributed by atoms with Crippen molar-refractivity contribution in [2.45, 2.75) is 69.6 Å². The minimum absolute atomic E-state index is 0.000528. The van der Waals surface area contributed by atoms with Gasteiger partial charge in [-0.1, -0.05) is 30.2 Å². The molecule has 2 amide bonds. The first kappa shape index (κ1) is 27.1. The summed E-state index contributed by atoms with van der Waals surface area (Å²) in [6.07, 6.45) is 4.62. The molecule has 2 aliphatic heterocycles. The SMILES string of the molecule is COc1cc(C(=O)NC2CC3CCCC(C2)N3C(C)(C)C(=O)Nc2ccccc2Cl)cc(OC)c1OC. The maximum Gasteiger partial charge on any atom is 0.251 e. The highest BCUT2D eigenvalue weighted by Crippen LogP contribution is 2.41. The summed E-state index contributed by atoms with van der Waals surface area (Å²) >= 11 is 6.28. The first-order chi connectivity index (χ1) is 17.7. The van der Waals surface area contributed by atoms with Gasteiger partial charge in [-0.2, -0.15) is 0 Å². The molecule has 0 aliphatic carbocycles. The molecular weight excluding hydrogens is 494 g/mol. The van der Waals surface area contributed by atoms with Gasteiger partial charge >= 0.3 is 0 Å². The molecule has 37 heavy (non-hydrogen) atoms. The Labute approximate surface area is 223 Å². The van der Waals surface area contributed by atoms with E-state index in [0.29, 0.717) is 33.5 Å². The number of methoxy groups -OCH3 is 3. The molecule has 2 N–H and O–H groups in total. The molecule has 2 heterocycles. The summed E-state index contributed by atoms with van der Waals surface area (Å²) in [5, 5.41) is 6.75. The third-order valence-corrected chi connectivity index (χ3v) is 7.89. The van der Waals surface area contributed by atoms with Crippen LogP contribution >= 0.6 is 11.6 Å². The molecule has 2 atom stereocenters. The summed E-state index contributed by atoms with van der Waals surface area (Å²) in [6.45, 7) is 3.94. The monoisotopic (exact) mass is 529 g/mol. The highest BCUT2D eigenvalue weighted by atomic mass is 35.5. The number of benzene rings is 2. The molecule has 2 aromatic carbocycles.